The molecule has 1 aromatic rings. The van der Waals surface area contributed by atoms with Crippen LogP contribution in [0.2, 0.25) is 0 Å². The minimum atomic E-state index is -4.58. The monoisotopic (exact) mass is 283 g/mol. The van der Waals surface area contributed by atoms with Gasteiger partial charge in [-0.2, -0.15) is 13.2 Å². The lowest BCUT2D eigenvalue weighted by atomic mass is 10.2. The second-order valence-corrected chi connectivity index (χ2v) is 5.48. The molecule has 0 amide bonds. The Bertz CT molecular complexity index is 482. The highest BCUT2D eigenvalue weighted by Crippen LogP contribution is 2.14. The first kappa shape index (κ1) is 14.9. The third-order valence-corrected chi connectivity index (χ3v) is 3.35. The summed E-state index contributed by atoms with van der Waals surface area (Å²) in [7, 11) is -4.02. The highest BCUT2D eigenvalue weighted by molar-refractivity contribution is 7.88. The van der Waals surface area contributed by atoms with Crippen molar-refractivity contribution in [2.45, 2.75) is 18.5 Å². The molecule has 0 fully saturated rings. The Kier molecular flexibility index (Phi) is 4.71. The maximum atomic E-state index is 11.9. The van der Waals surface area contributed by atoms with Crippen LogP contribution in [0, 0.1) is 0 Å². The second kappa shape index (κ2) is 5.68. The molecule has 4 nitrogen and oxygen atoms in total. The van der Waals surface area contributed by atoms with Crippen molar-refractivity contribution in [2.24, 2.45) is 0 Å². The fourth-order valence-electron chi connectivity index (χ4n) is 1.20. The van der Waals surface area contributed by atoms with Gasteiger partial charge in [-0.1, -0.05) is 24.3 Å². The average Bonchev–Trinajstić information content (AvgIpc) is 2.26. The van der Waals surface area contributed by atoms with E-state index in [0.29, 0.717) is 11.1 Å². The molecule has 0 unspecified atom stereocenters. The zero-order valence-corrected chi connectivity index (χ0v) is 10.1. The number of hydrogen-bond donors (Lipinski definition) is 2. The minimum absolute atomic E-state index is 0.181. The highest BCUT2D eigenvalue weighted by Gasteiger charge is 2.29. The largest absolute Gasteiger partial charge is 0.402 e. The number of sulfonamides is 1. The summed E-state index contributed by atoms with van der Waals surface area (Å²) in [6.07, 6.45) is -4.58. The third kappa shape index (κ3) is 5.48. The molecule has 2 N–H and O–H groups in total. The van der Waals surface area contributed by atoms with Crippen molar-refractivity contribution >= 4 is 10.0 Å². The number of hydrogen-bond acceptors (Lipinski definition) is 3. The lowest BCUT2D eigenvalue weighted by Gasteiger charge is -2.09. The molecule has 8 heteroatoms. The van der Waals surface area contributed by atoms with Gasteiger partial charge in [0.2, 0.25) is 10.0 Å². The van der Waals surface area contributed by atoms with Crippen molar-refractivity contribution in [1.29, 1.82) is 0 Å². The van der Waals surface area contributed by atoms with E-state index in [4.69, 9.17) is 5.11 Å². The van der Waals surface area contributed by atoms with Gasteiger partial charge in [-0.15, -0.1) is 0 Å². The summed E-state index contributed by atoms with van der Waals surface area (Å²) < 4.78 is 59.8. The molecule has 0 aliphatic heterocycles. The van der Waals surface area contributed by atoms with Crippen molar-refractivity contribution in [3.05, 3.63) is 35.4 Å². The Hall–Kier alpha value is -1.12. The predicted molar refractivity (Wildman–Crippen MR) is 59.0 cm³/mol. The Morgan fingerprint density at radius 2 is 1.61 bits per heavy atom. The topological polar surface area (TPSA) is 66.4 Å². The third-order valence-electron chi connectivity index (χ3n) is 2.05. The van der Waals surface area contributed by atoms with E-state index in [9.17, 15) is 21.6 Å². The summed E-state index contributed by atoms with van der Waals surface area (Å²) in [5.74, 6) is -0.533. The number of benzene rings is 1. The van der Waals surface area contributed by atoms with Crippen molar-refractivity contribution < 1.29 is 26.7 Å². The Morgan fingerprint density at radius 3 is 2.06 bits per heavy atom. The molecule has 0 saturated heterocycles. The normalized spacial score (nSPS) is 12.7. The standard InChI is InChI=1S/C10H12F3NO3S/c11-10(12,13)7-14-18(16,17)6-9-3-1-8(5-15)2-4-9/h1-4,14-15H,5-7H2. The van der Waals surface area contributed by atoms with Gasteiger partial charge in [0.25, 0.3) is 0 Å². The fourth-order valence-corrected chi connectivity index (χ4v) is 2.32. The molecule has 0 aliphatic carbocycles. The lowest BCUT2D eigenvalue weighted by Crippen LogP contribution is -2.34. The van der Waals surface area contributed by atoms with Crippen LogP contribution in [0.3, 0.4) is 0 Å². The number of alkyl halides is 3. The summed E-state index contributed by atoms with van der Waals surface area (Å²) in [4.78, 5) is 0. The second-order valence-electron chi connectivity index (χ2n) is 3.67. The fraction of sp³-hybridized carbons (Fsp3) is 0.400. The van der Waals surface area contributed by atoms with E-state index < -0.39 is 28.5 Å². The lowest BCUT2D eigenvalue weighted by molar-refractivity contribution is -0.121. The predicted octanol–water partition coefficient (Wildman–Crippen LogP) is 1.16. The van der Waals surface area contributed by atoms with E-state index in [-0.39, 0.29) is 6.61 Å². The maximum Gasteiger partial charge on any atom is 0.402 e. The SMILES string of the molecule is O=S(=O)(Cc1ccc(CO)cc1)NCC(F)(F)F. The van der Waals surface area contributed by atoms with Crippen LogP contribution in [0.15, 0.2) is 24.3 Å². The minimum Gasteiger partial charge on any atom is -0.392 e. The van der Waals surface area contributed by atoms with Gasteiger partial charge in [0, 0.05) is 0 Å². The molecule has 0 saturated carbocycles. The molecule has 102 valence electrons. The van der Waals surface area contributed by atoms with E-state index in [1.54, 1.807) is 0 Å². The van der Waals surface area contributed by atoms with Gasteiger partial charge in [-0.25, -0.2) is 13.1 Å². The van der Waals surface area contributed by atoms with Crippen LogP contribution in [0.25, 0.3) is 0 Å². The Labute approximate surface area is 102 Å². The van der Waals surface area contributed by atoms with Gasteiger partial charge >= 0.3 is 6.18 Å². The molecule has 18 heavy (non-hydrogen) atoms. The zero-order chi connectivity index (χ0) is 13.8. The van der Waals surface area contributed by atoms with Crippen LogP contribution in [-0.4, -0.2) is 26.2 Å². The van der Waals surface area contributed by atoms with Crippen LogP contribution in [0.4, 0.5) is 13.2 Å². The van der Waals surface area contributed by atoms with Gasteiger partial charge in [0.15, 0.2) is 0 Å². The summed E-state index contributed by atoms with van der Waals surface area (Å²) in [6.45, 7) is -1.76. The van der Waals surface area contributed by atoms with Crippen LogP contribution >= 0.6 is 0 Å². The number of halogens is 3. The van der Waals surface area contributed by atoms with Crippen LogP contribution < -0.4 is 4.72 Å². The summed E-state index contributed by atoms with van der Waals surface area (Å²) >= 11 is 0. The summed E-state index contributed by atoms with van der Waals surface area (Å²) in [5, 5.41) is 8.78. The van der Waals surface area contributed by atoms with Gasteiger partial charge in [-0.3, -0.25) is 0 Å². The summed E-state index contributed by atoms with van der Waals surface area (Å²) in [5.41, 5.74) is 0.946. The van der Waals surface area contributed by atoms with Crippen LogP contribution in [0.1, 0.15) is 11.1 Å². The molecule has 0 spiro atoms. The van der Waals surface area contributed by atoms with Crippen molar-refractivity contribution in [3.8, 4) is 0 Å². The first-order valence-corrected chi connectivity index (χ1v) is 6.60. The van der Waals surface area contributed by atoms with E-state index in [2.05, 4.69) is 0 Å². The molecule has 0 heterocycles. The molecular formula is C10H12F3NO3S. The van der Waals surface area contributed by atoms with Gasteiger partial charge in [0.05, 0.1) is 12.4 Å². The van der Waals surface area contributed by atoms with E-state index in [1.165, 1.54) is 29.0 Å². The van der Waals surface area contributed by atoms with Gasteiger partial charge in [0.1, 0.15) is 6.54 Å². The molecular weight excluding hydrogens is 271 g/mol. The smallest absolute Gasteiger partial charge is 0.392 e. The number of nitrogens with one attached hydrogen (secondary N) is 1. The number of rotatable bonds is 5. The first-order valence-electron chi connectivity index (χ1n) is 4.94. The van der Waals surface area contributed by atoms with Crippen LogP contribution in [-0.2, 0) is 22.4 Å². The maximum absolute atomic E-state index is 11.9. The molecule has 0 aromatic heterocycles. The molecule has 0 radical (unpaired) electrons. The first-order chi connectivity index (χ1) is 8.22. The Balaban J connectivity index is 2.64. The van der Waals surface area contributed by atoms with Crippen molar-refractivity contribution in [3.63, 3.8) is 0 Å². The highest BCUT2D eigenvalue weighted by atomic mass is 32.2. The van der Waals surface area contributed by atoms with Crippen molar-refractivity contribution in [2.75, 3.05) is 6.54 Å². The molecule has 1 rings (SSSR count). The van der Waals surface area contributed by atoms with Crippen LogP contribution in [0.5, 0.6) is 0 Å². The zero-order valence-electron chi connectivity index (χ0n) is 9.24. The molecule has 1 aromatic carbocycles. The van der Waals surface area contributed by atoms with Gasteiger partial charge in [-0.05, 0) is 11.1 Å². The van der Waals surface area contributed by atoms with Crippen molar-refractivity contribution in [1.82, 2.24) is 4.72 Å². The van der Waals surface area contributed by atoms with E-state index in [0.717, 1.165) is 0 Å². The molecule has 0 aliphatic rings. The summed E-state index contributed by atoms with van der Waals surface area (Å²) in [6, 6.07) is 5.90. The molecule has 0 bridgehead atoms. The average molecular weight is 283 g/mol. The van der Waals surface area contributed by atoms with E-state index in [1.807, 2.05) is 0 Å². The van der Waals surface area contributed by atoms with E-state index >= 15 is 0 Å². The number of aliphatic hydroxyl groups excluding tert-OH is 1. The molecule has 0 atom stereocenters. The Morgan fingerprint density at radius 1 is 1.11 bits per heavy atom. The van der Waals surface area contributed by atoms with Gasteiger partial charge < -0.3 is 5.11 Å². The number of aliphatic hydroxyl groups is 1. The quantitative estimate of drug-likeness (QED) is 0.852.